The Morgan fingerprint density at radius 2 is 1.77 bits per heavy atom. The molecule has 0 saturated carbocycles. The second kappa shape index (κ2) is 12.4. The van der Waals surface area contributed by atoms with Gasteiger partial charge in [-0.3, -0.25) is 14.5 Å². The number of hydrogen-bond acceptors (Lipinski definition) is 7. The number of nitrogens with zero attached hydrogens (tertiary/aromatic N) is 3. The van der Waals surface area contributed by atoms with E-state index < -0.39 is 80.1 Å². The monoisotopic (exact) mass is 512 g/mol. The molecule has 0 unspecified atom stereocenters. The molecule has 0 fully saturated rings. The van der Waals surface area contributed by atoms with Crippen LogP contribution in [0.3, 0.4) is 0 Å². The molecule has 0 aliphatic carbocycles. The molecule has 0 spiro atoms. The van der Waals surface area contributed by atoms with Crippen molar-refractivity contribution in [1.82, 2.24) is 14.7 Å². The largest absolute Gasteiger partial charge is 0.372 e. The molecule has 0 saturated heterocycles. The van der Waals surface area contributed by atoms with E-state index >= 15 is 0 Å². The van der Waals surface area contributed by atoms with Gasteiger partial charge in [0.15, 0.2) is 0 Å². The quantitative estimate of drug-likeness (QED) is 0.393. The zero-order valence-corrected chi connectivity index (χ0v) is 19.0. The highest BCUT2D eigenvalue weighted by atomic mass is 32.2. The van der Waals surface area contributed by atoms with Gasteiger partial charge in [-0.05, 0) is 26.5 Å². The Labute approximate surface area is 229 Å². The Balaban J connectivity index is 2.12. The van der Waals surface area contributed by atoms with Crippen molar-refractivity contribution >= 4 is 21.7 Å². The molecule has 35 heavy (non-hydrogen) atoms. The number of carbonyl (C=O) groups is 1. The number of benzene rings is 2. The van der Waals surface area contributed by atoms with Crippen molar-refractivity contribution in [1.29, 1.82) is 0 Å². The van der Waals surface area contributed by atoms with Gasteiger partial charge in [0.05, 0.1) is 30.6 Å². The normalized spacial score (nSPS) is 20.8. The molecular weight excluding hydrogens is 464 g/mol. The average molecular weight is 513 g/mol. The lowest BCUT2D eigenvalue weighted by Crippen LogP contribution is -2.33. The summed E-state index contributed by atoms with van der Waals surface area (Å²) < 4.78 is 156. The molecule has 1 aromatic heterocycles. The maximum absolute atomic E-state index is 12.3. The van der Waals surface area contributed by atoms with Crippen molar-refractivity contribution in [2.75, 3.05) is 30.7 Å². The maximum atomic E-state index is 12.3. The van der Waals surface area contributed by atoms with Crippen LogP contribution >= 0.6 is 0 Å². The second-order valence-electron chi connectivity index (χ2n) is 6.83. The molecule has 1 heterocycles. The first kappa shape index (κ1) is 12.1. The van der Waals surface area contributed by atoms with E-state index in [0.717, 1.165) is 10.9 Å². The molecule has 0 bridgehead atoms. The zero-order valence-electron chi connectivity index (χ0n) is 34.1. The molecule has 186 valence electrons. The van der Waals surface area contributed by atoms with E-state index in [4.69, 9.17) is 21.9 Å². The van der Waals surface area contributed by atoms with Gasteiger partial charge in [-0.1, -0.05) is 60.7 Å². The topological polar surface area (TPSA) is 101 Å². The number of ether oxygens (including phenoxy) is 1. The molecule has 8 nitrogen and oxygen atoms in total. The van der Waals surface area contributed by atoms with Crippen molar-refractivity contribution in [3.05, 3.63) is 66.9 Å². The Morgan fingerprint density at radius 1 is 1.11 bits per heavy atom. The van der Waals surface area contributed by atoms with E-state index in [1.165, 1.54) is 0 Å². The van der Waals surface area contributed by atoms with Gasteiger partial charge >= 0.3 is 0 Å². The molecule has 9 heteroatoms. The van der Waals surface area contributed by atoms with Gasteiger partial charge in [0.1, 0.15) is 12.4 Å². The van der Waals surface area contributed by atoms with Gasteiger partial charge in [-0.2, -0.15) is 0 Å². The molecule has 0 aliphatic heterocycles. The SMILES string of the molecule is [2H]C([2H])(OC([2H])([2H])C([2H])([2H])CCN(c1cnc(-c2ccccc2)c(-c2ccccc2)n1)C([2H])(C([2H])([2H])[2H])C([2H])([2H])[2H])C(=O)NS(=O)(=O)C([2H])([2H])[2H]. The van der Waals surface area contributed by atoms with Crippen molar-refractivity contribution in [2.45, 2.75) is 32.5 Å². The number of carbonyl (C=O) groups excluding carboxylic acids is 1. The Morgan fingerprint density at radius 3 is 2.40 bits per heavy atom. The number of rotatable bonds is 12. The summed E-state index contributed by atoms with van der Waals surface area (Å²) in [6.07, 6.45) is -7.58. The van der Waals surface area contributed by atoms with Gasteiger partial charge in [-0.15, -0.1) is 0 Å². The summed E-state index contributed by atoms with van der Waals surface area (Å²) in [6.45, 7) is -16.3. The zero-order chi connectivity index (χ0) is 39.1. The highest BCUT2D eigenvalue weighted by Gasteiger charge is 2.17. The summed E-state index contributed by atoms with van der Waals surface area (Å²) in [6, 6.07) is 13.2. The molecule has 3 aromatic rings. The fourth-order valence-corrected chi connectivity index (χ4v) is 3.21. The highest BCUT2D eigenvalue weighted by Crippen LogP contribution is 2.30. The van der Waals surface area contributed by atoms with Crippen LogP contribution in [0.2, 0.25) is 0 Å². The Hall–Kier alpha value is -3.30. The highest BCUT2D eigenvalue weighted by molar-refractivity contribution is 7.89. The molecule has 1 N–H and O–H groups in total. The standard InChI is InChI=1S/C26H32N4O4S/c1-20(2)30(16-10-11-17-34-19-24(31)29-35(3,32)33)23-18-27-25(21-12-6-4-7-13-21)26(28-23)22-14-8-5-9-15-22/h4-9,12-15,18,20H,10-11,16-17,19H2,1-3H3,(H,29,31)/i1D3,2D3,3D3,11D2,17D2,19D2,20D. The van der Waals surface area contributed by atoms with Crippen LogP contribution in [0.15, 0.2) is 66.9 Å². The van der Waals surface area contributed by atoms with Crippen molar-refractivity contribution in [2.24, 2.45) is 0 Å². The van der Waals surface area contributed by atoms with Crippen molar-refractivity contribution in [3.8, 4) is 22.5 Å². The number of nitrogens with one attached hydrogen (secondary N) is 1. The first-order valence-electron chi connectivity index (χ1n) is 18.0. The number of aromatic nitrogens is 2. The summed E-state index contributed by atoms with van der Waals surface area (Å²) >= 11 is 0. The van der Waals surface area contributed by atoms with Crippen molar-refractivity contribution < 1.29 is 39.9 Å². The van der Waals surface area contributed by atoms with Crippen LogP contribution in [0.5, 0.6) is 0 Å². The predicted molar refractivity (Wildman–Crippen MR) is 138 cm³/mol. The third-order valence-electron chi connectivity index (χ3n) is 4.36. The van der Waals surface area contributed by atoms with Gasteiger partial charge < -0.3 is 9.64 Å². The van der Waals surface area contributed by atoms with E-state index in [-0.39, 0.29) is 11.4 Å². The van der Waals surface area contributed by atoms with Crippen LogP contribution in [-0.2, 0) is 19.6 Å². The maximum Gasteiger partial charge on any atom is 0.259 e. The fourth-order valence-electron chi connectivity index (χ4n) is 2.92. The van der Waals surface area contributed by atoms with E-state index in [2.05, 4.69) is 14.7 Å². The molecule has 0 aliphatic rings. The molecule has 0 atom stereocenters. The predicted octanol–water partition coefficient (Wildman–Crippen LogP) is 3.90. The number of hydrogen-bond donors (Lipinski definition) is 1. The van der Waals surface area contributed by atoms with Crippen LogP contribution in [-0.4, -0.2) is 56.2 Å². The Kier molecular flexibility index (Phi) is 4.29. The smallest absolute Gasteiger partial charge is 0.259 e. The first-order valence-corrected chi connectivity index (χ1v) is 11.5. The number of amides is 1. The Bertz CT molecular complexity index is 1790. The van der Waals surface area contributed by atoms with E-state index in [0.29, 0.717) is 16.0 Å². The third-order valence-corrected chi connectivity index (χ3v) is 4.81. The van der Waals surface area contributed by atoms with Crippen LogP contribution in [0.4, 0.5) is 5.82 Å². The summed E-state index contributed by atoms with van der Waals surface area (Å²) in [5.74, 6) is -2.85. The lowest BCUT2D eigenvalue weighted by molar-refractivity contribution is -0.123. The summed E-state index contributed by atoms with van der Waals surface area (Å²) in [7, 11) is -5.49. The summed E-state index contributed by atoms with van der Waals surface area (Å²) in [5.41, 5.74) is 1.36. The molecule has 2 aromatic carbocycles. The minimum Gasteiger partial charge on any atom is -0.372 e. The van der Waals surface area contributed by atoms with Crippen molar-refractivity contribution in [3.63, 3.8) is 0 Å². The van der Waals surface area contributed by atoms with Crippen LogP contribution < -0.4 is 9.62 Å². The third kappa shape index (κ3) is 8.15. The molecule has 0 radical (unpaired) electrons. The van der Waals surface area contributed by atoms with E-state index in [9.17, 15) is 13.2 Å². The van der Waals surface area contributed by atoms with Gasteiger partial charge in [-0.25, -0.2) is 13.4 Å². The molecular formula is C26H32N4O4S. The van der Waals surface area contributed by atoms with E-state index in [1.807, 2.05) is 0 Å². The van der Waals surface area contributed by atoms with Gasteiger partial charge in [0.25, 0.3) is 5.91 Å². The van der Waals surface area contributed by atoms with Gasteiger partial charge in [0, 0.05) is 45.3 Å². The average Bonchev–Trinajstić information content (AvgIpc) is 2.99. The van der Waals surface area contributed by atoms with E-state index in [1.54, 1.807) is 60.7 Å². The van der Waals surface area contributed by atoms with Crippen LogP contribution in [0.25, 0.3) is 22.5 Å². The van der Waals surface area contributed by atoms with Crippen LogP contribution in [0.1, 0.15) is 48.4 Å². The second-order valence-corrected chi connectivity index (χ2v) is 8.04. The lowest BCUT2D eigenvalue weighted by atomic mass is 10.0. The molecule has 1 amide bonds. The first-order chi connectivity index (χ1) is 23.0. The summed E-state index contributed by atoms with van der Waals surface area (Å²) in [4.78, 5) is 21.6. The minimum atomic E-state index is -5.49. The summed E-state index contributed by atoms with van der Waals surface area (Å²) in [5, 5.41) is 0. The van der Waals surface area contributed by atoms with Crippen LogP contribution in [0, 0.1) is 0 Å². The lowest BCUT2D eigenvalue weighted by Gasteiger charge is -2.28. The number of anilines is 1. The molecule has 3 rings (SSSR count). The van der Waals surface area contributed by atoms with Gasteiger partial charge in [0.2, 0.25) is 10.0 Å². The minimum absolute atomic E-state index is 0.107. The number of sulfonamides is 1. The fraction of sp³-hybridized carbons (Fsp3) is 0.346.